The maximum Gasteiger partial charge on any atom is 0.305 e. The lowest BCUT2D eigenvalue weighted by Crippen LogP contribution is -2.45. The van der Waals surface area contributed by atoms with Crippen molar-refractivity contribution in [1.82, 2.24) is 5.32 Å². The molecule has 0 aromatic carbocycles. The number of hydrogen-bond donors (Lipinski definition) is 3. The van der Waals surface area contributed by atoms with Gasteiger partial charge in [0.1, 0.15) is 0 Å². The van der Waals surface area contributed by atoms with Crippen molar-refractivity contribution >= 4 is 11.9 Å². The molecule has 0 heterocycles. The van der Waals surface area contributed by atoms with E-state index in [0.29, 0.717) is 25.9 Å². The van der Waals surface area contributed by atoms with Crippen LogP contribution in [-0.2, 0) is 14.3 Å². The SMILES string of the molecule is CCCCC/C=C\CCCCCCCC(=O)OCCCCCCCCCCCCCCCCCCCCCCCCCC(=O)NC(CO)C(O)CCCCCCCCCCCCCCCCCCC. The van der Waals surface area contributed by atoms with Crippen LogP contribution in [-0.4, -0.2) is 47.4 Å². The maximum absolute atomic E-state index is 12.5. The first kappa shape index (κ1) is 67.6. The molecule has 0 saturated carbocycles. The molecule has 2 atom stereocenters. The summed E-state index contributed by atoms with van der Waals surface area (Å²) in [5.74, 6) is -0.0263. The van der Waals surface area contributed by atoms with Crippen molar-refractivity contribution in [2.75, 3.05) is 13.2 Å². The summed E-state index contributed by atoms with van der Waals surface area (Å²) in [5, 5.41) is 23.3. The van der Waals surface area contributed by atoms with Gasteiger partial charge in [-0.05, 0) is 51.4 Å². The molecule has 410 valence electrons. The highest BCUT2D eigenvalue weighted by molar-refractivity contribution is 5.76. The second-order valence-electron chi connectivity index (χ2n) is 21.7. The highest BCUT2D eigenvalue weighted by Crippen LogP contribution is 2.18. The molecule has 2 unspecified atom stereocenters. The quantitative estimate of drug-likeness (QED) is 0.0321. The van der Waals surface area contributed by atoms with E-state index in [1.54, 1.807) is 0 Å². The Morgan fingerprint density at radius 3 is 1.06 bits per heavy atom. The van der Waals surface area contributed by atoms with E-state index in [4.69, 9.17) is 4.74 Å². The fraction of sp³-hybridized carbons (Fsp3) is 0.937. The Hall–Kier alpha value is -1.40. The monoisotopic (exact) mass is 974 g/mol. The number of amides is 1. The van der Waals surface area contributed by atoms with Gasteiger partial charge in [-0.2, -0.15) is 0 Å². The summed E-state index contributed by atoms with van der Waals surface area (Å²) in [6.07, 6.45) is 70.8. The number of allylic oxidation sites excluding steroid dienone is 2. The minimum absolute atomic E-state index is 0.00499. The van der Waals surface area contributed by atoms with Gasteiger partial charge in [0.05, 0.1) is 25.4 Å². The molecule has 0 aromatic heterocycles. The second kappa shape index (κ2) is 59.2. The summed E-state index contributed by atoms with van der Waals surface area (Å²) < 4.78 is 5.47. The van der Waals surface area contributed by atoms with Crippen molar-refractivity contribution in [2.45, 2.75) is 366 Å². The number of hydrogen-bond acceptors (Lipinski definition) is 5. The standard InChI is InChI=1S/C63H123NO5/c1-3-5-7-9-11-13-15-17-18-26-29-32-35-39-43-47-51-55-61(66)60(59-65)64-62(67)56-52-48-44-40-36-33-30-27-24-22-20-19-21-23-25-28-31-34-38-42-46-50-54-58-69-63(68)57-53-49-45-41-37-16-14-12-10-8-6-4-2/h12,14,60-61,65-66H,3-11,13,15-59H2,1-2H3,(H,64,67)/b14-12-. The van der Waals surface area contributed by atoms with E-state index in [9.17, 15) is 19.8 Å². The molecule has 6 nitrogen and oxygen atoms in total. The Morgan fingerprint density at radius 2 is 0.681 bits per heavy atom. The van der Waals surface area contributed by atoms with E-state index in [-0.39, 0.29) is 18.5 Å². The average molecular weight is 975 g/mol. The van der Waals surface area contributed by atoms with Crippen molar-refractivity contribution in [3.8, 4) is 0 Å². The van der Waals surface area contributed by atoms with Crippen LogP contribution in [0.1, 0.15) is 354 Å². The Kier molecular flexibility index (Phi) is 58.0. The van der Waals surface area contributed by atoms with Gasteiger partial charge in [0.25, 0.3) is 0 Å². The molecule has 0 aliphatic rings. The molecule has 0 fully saturated rings. The van der Waals surface area contributed by atoms with Gasteiger partial charge in [-0.1, -0.05) is 302 Å². The summed E-state index contributed by atoms with van der Waals surface area (Å²) in [6.45, 7) is 4.95. The van der Waals surface area contributed by atoms with E-state index < -0.39 is 12.1 Å². The van der Waals surface area contributed by atoms with Gasteiger partial charge in [0.15, 0.2) is 0 Å². The Morgan fingerprint density at radius 1 is 0.391 bits per heavy atom. The minimum atomic E-state index is -0.663. The molecular weight excluding hydrogens is 851 g/mol. The van der Waals surface area contributed by atoms with Crippen LogP contribution in [0.15, 0.2) is 12.2 Å². The topological polar surface area (TPSA) is 95.9 Å². The third-order valence-electron chi connectivity index (χ3n) is 14.8. The summed E-state index contributed by atoms with van der Waals surface area (Å²) in [6, 6.07) is -0.540. The summed E-state index contributed by atoms with van der Waals surface area (Å²) in [7, 11) is 0. The van der Waals surface area contributed by atoms with Crippen molar-refractivity contribution < 1.29 is 24.5 Å². The van der Waals surface area contributed by atoms with Gasteiger partial charge in [0.2, 0.25) is 5.91 Å². The van der Waals surface area contributed by atoms with Crippen LogP contribution in [0.4, 0.5) is 0 Å². The van der Waals surface area contributed by atoms with Gasteiger partial charge < -0.3 is 20.3 Å². The van der Waals surface area contributed by atoms with Gasteiger partial charge in [-0.25, -0.2) is 0 Å². The molecule has 69 heavy (non-hydrogen) atoms. The number of unbranched alkanes of at least 4 members (excludes halogenated alkanes) is 46. The molecule has 0 saturated heterocycles. The Bertz CT molecular complexity index is 1030. The third-order valence-corrected chi connectivity index (χ3v) is 14.8. The highest BCUT2D eigenvalue weighted by Gasteiger charge is 2.20. The molecule has 0 aliphatic carbocycles. The Balaban J connectivity index is 3.37. The fourth-order valence-electron chi connectivity index (χ4n) is 9.99. The first-order valence-electron chi connectivity index (χ1n) is 31.4. The second-order valence-corrected chi connectivity index (χ2v) is 21.7. The number of carbonyl (C=O) groups is 2. The van der Waals surface area contributed by atoms with E-state index in [1.807, 2.05) is 0 Å². The van der Waals surface area contributed by atoms with Crippen molar-refractivity contribution in [2.24, 2.45) is 0 Å². The van der Waals surface area contributed by atoms with E-state index in [0.717, 1.165) is 44.9 Å². The molecule has 0 aliphatic heterocycles. The number of ether oxygens (including phenoxy) is 1. The van der Waals surface area contributed by atoms with Crippen LogP contribution in [0.25, 0.3) is 0 Å². The number of rotatable bonds is 59. The lowest BCUT2D eigenvalue weighted by molar-refractivity contribution is -0.143. The highest BCUT2D eigenvalue weighted by atomic mass is 16.5. The molecule has 0 aromatic rings. The summed E-state index contributed by atoms with van der Waals surface area (Å²) in [5.41, 5.74) is 0. The minimum Gasteiger partial charge on any atom is -0.466 e. The smallest absolute Gasteiger partial charge is 0.305 e. The number of nitrogens with one attached hydrogen (secondary N) is 1. The van der Waals surface area contributed by atoms with Gasteiger partial charge in [0, 0.05) is 12.8 Å². The zero-order valence-corrected chi connectivity index (χ0v) is 46.8. The third kappa shape index (κ3) is 55.8. The van der Waals surface area contributed by atoms with Crippen molar-refractivity contribution in [1.29, 1.82) is 0 Å². The van der Waals surface area contributed by atoms with Crippen LogP contribution in [0, 0.1) is 0 Å². The molecule has 0 spiro atoms. The Labute approximate surface area is 431 Å². The maximum atomic E-state index is 12.5. The van der Waals surface area contributed by atoms with Gasteiger partial charge >= 0.3 is 5.97 Å². The predicted molar refractivity (Wildman–Crippen MR) is 301 cm³/mol. The van der Waals surface area contributed by atoms with Crippen LogP contribution < -0.4 is 5.32 Å². The largest absolute Gasteiger partial charge is 0.466 e. The van der Waals surface area contributed by atoms with Crippen LogP contribution >= 0.6 is 0 Å². The fourth-order valence-corrected chi connectivity index (χ4v) is 9.99. The first-order valence-corrected chi connectivity index (χ1v) is 31.4. The summed E-state index contributed by atoms with van der Waals surface area (Å²) in [4.78, 5) is 24.5. The molecule has 6 heteroatoms. The molecular formula is C63H123NO5. The van der Waals surface area contributed by atoms with Gasteiger partial charge in [-0.15, -0.1) is 0 Å². The van der Waals surface area contributed by atoms with Crippen LogP contribution in [0.2, 0.25) is 0 Å². The molecule has 0 rings (SSSR count). The lowest BCUT2D eigenvalue weighted by atomic mass is 10.0. The van der Waals surface area contributed by atoms with Crippen molar-refractivity contribution in [3.05, 3.63) is 12.2 Å². The number of carbonyl (C=O) groups excluding carboxylic acids is 2. The summed E-state index contributed by atoms with van der Waals surface area (Å²) >= 11 is 0. The van der Waals surface area contributed by atoms with E-state index >= 15 is 0 Å². The zero-order chi connectivity index (χ0) is 50.0. The van der Waals surface area contributed by atoms with Crippen molar-refractivity contribution in [3.63, 3.8) is 0 Å². The molecule has 0 radical (unpaired) electrons. The first-order chi connectivity index (χ1) is 34.0. The van der Waals surface area contributed by atoms with E-state index in [1.165, 1.54) is 276 Å². The lowest BCUT2D eigenvalue weighted by Gasteiger charge is -2.22. The zero-order valence-electron chi connectivity index (χ0n) is 46.8. The number of aliphatic hydroxyl groups excluding tert-OH is 2. The van der Waals surface area contributed by atoms with E-state index in [2.05, 4.69) is 31.3 Å². The molecule has 3 N–H and O–H groups in total. The number of esters is 1. The average Bonchev–Trinajstić information content (AvgIpc) is 3.35. The predicted octanol–water partition coefficient (Wildman–Crippen LogP) is 19.6. The number of aliphatic hydroxyl groups is 2. The normalized spacial score (nSPS) is 12.6. The van der Waals surface area contributed by atoms with Gasteiger partial charge in [-0.3, -0.25) is 9.59 Å². The van der Waals surface area contributed by atoms with Crippen LogP contribution in [0.5, 0.6) is 0 Å². The van der Waals surface area contributed by atoms with Crippen LogP contribution in [0.3, 0.4) is 0 Å². The molecule has 1 amide bonds. The molecule has 0 bridgehead atoms.